The quantitative estimate of drug-likeness (QED) is 0.0160. The van der Waals surface area contributed by atoms with E-state index in [0.717, 1.165) is 87.4 Å². The molecular weight excluding hydrogens is 1400 g/mol. The van der Waals surface area contributed by atoms with Crippen molar-refractivity contribution < 1.29 is 71.7 Å². The third-order valence-electron chi connectivity index (χ3n) is 15.3. The van der Waals surface area contributed by atoms with Gasteiger partial charge < -0.3 is 10.4 Å². The summed E-state index contributed by atoms with van der Waals surface area (Å²) >= 11 is 0. The zero-order valence-electron chi connectivity index (χ0n) is 53.7. The van der Waals surface area contributed by atoms with Crippen LogP contribution in [0.4, 0.5) is 11.4 Å². The van der Waals surface area contributed by atoms with Gasteiger partial charge in [0.05, 0.1) is 33.4 Å². The zero-order valence-corrected chi connectivity index (χ0v) is 56.7. The number of oxime groups is 2. The first-order chi connectivity index (χ1) is 48.5. The number of benzene rings is 11. The number of fused-ring (bicyclic) bond motifs is 8. The van der Waals surface area contributed by atoms with Crippen molar-refractivity contribution in [2.24, 2.45) is 20.3 Å². The molecule has 0 amide bonds. The fourth-order valence-electron chi connectivity index (χ4n) is 10.5. The number of aromatic nitrogens is 5. The van der Waals surface area contributed by atoms with Gasteiger partial charge in [0.25, 0.3) is 0 Å². The number of hydroxylamine groups is 2. The summed E-state index contributed by atoms with van der Waals surface area (Å²) in [6.45, 7) is 0. The van der Waals surface area contributed by atoms with Crippen LogP contribution in [0, 0.1) is 6.07 Å². The number of nitrogens with zero attached hydrogens (tertiary/aromatic N) is 9. The second-order valence-electron chi connectivity index (χ2n) is 21.5. The fourth-order valence-corrected chi connectivity index (χ4v) is 10.5. The first-order valence-corrected chi connectivity index (χ1v) is 31.1. The summed E-state index contributed by atoms with van der Waals surface area (Å²) in [4.78, 5) is 30.2. The van der Waals surface area contributed by atoms with Gasteiger partial charge in [-0.3, -0.25) is 46.3 Å². The molecule has 16 aromatic rings. The van der Waals surface area contributed by atoms with Crippen LogP contribution in [0.5, 0.6) is 0 Å². The van der Waals surface area contributed by atoms with Gasteiger partial charge in [-0.1, -0.05) is 247 Å². The molecule has 0 spiro atoms. The average Bonchev–Trinajstić information content (AvgIpc) is 0.816. The number of hydrogen-bond acceptors (Lipinski definition) is 13. The summed E-state index contributed by atoms with van der Waals surface area (Å²) in [5.41, 5.74) is 15.1. The van der Waals surface area contributed by atoms with E-state index in [1.165, 1.54) is 0 Å². The molecule has 0 atom stereocenters. The Morgan fingerprint density at radius 3 is 0.901 bits per heavy atom. The molecule has 0 aliphatic heterocycles. The Morgan fingerprint density at radius 2 is 0.604 bits per heavy atom. The summed E-state index contributed by atoms with van der Waals surface area (Å²) in [5, 5.41) is 53.8. The molecule has 11 aromatic carbocycles. The van der Waals surface area contributed by atoms with Crippen LogP contribution in [-0.4, -0.2) is 68.8 Å². The smallest absolute Gasteiger partial charge is 0.410 e. The van der Waals surface area contributed by atoms with Crippen LogP contribution in [0.2, 0.25) is 0 Å². The number of amidine groups is 2. The van der Waals surface area contributed by atoms with Crippen LogP contribution in [-0.2, 0) is 50.9 Å². The van der Waals surface area contributed by atoms with Crippen molar-refractivity contribution >= 4 is 99.6 Å². The summed E-state index contributed by atoms with van der Waals surface area (Å²) in [5.74, 6) is 0.104. The summed E-state index contributed by atoms with van der Waals surface area (Å²) in [6, 6.07) is 105. The number of pyridine rings is 5. The first-order valence-electron chi connectivity index (χ1n) is 31.1. The molecule has 18 heteroatoms. The van der Waals surface area contributed by atoms with Crippen molar-refractivity contribution in [1.29, 1.82) is 0 Å². The molecule has 500 valence electrons. The van der Waals surface area contributed by atoms with Crippen LogP contribution in [0.15, 0.2) is 373 Å². The largest absolute Gasteiger partial charge is 3.00 e. The van der Waals surface area contributed by atoms with Crippen molar-refractivity contribution in [3.63, 3.8) is 0 Å². The molecular formula is C83H64CoCu2N11O4+6. The Hall–Kier alpha value is -11.9. The van der Waals surface area contributed by atoms with Gasteiger partial charge >= 0.3 is 50.9 Å². The molecule has 6 N–H and O–H groups in total. The second-order valence-corrected chi connectivity index (χ2v) is 21.5. The Labute approximate surface area is 615 Å². The SMILES string of the molecule is O/N=C(/C(=Nc1cccc2ccccc12)NO)c1ccc(-c2ccccc2)cc1.O/N=C(/C(=Nc1cccc2ccccc12)NO)c1ccc(-c2ccccc2)cc1.[Co+3].[Cu+2].[Cu+2].[c-]1ccccc1.c1ccncc1.c1cnc2c(c1)ccc1cccnc12.c1cnc2c(c1)ccc1cccnc12. The Bertz CT molecular complexity index is 4840. The van der Waals surface area contributed by atoms with Gasteiger partial charge in [-0.15, -0.1) is 0 Å². The monoisotopic (exact) mass is 1460 g/mol. The van der Waals surface area contributed by atoms with Gasteiger partial charge in [0.15, 0.2) is 23.1 Å². The number of nitrogens with one attached hydrogen (secondary N) is 2. The third kappa shape index (κ3) is 20.1. The normalized spacial score (nSPS) is 11.0. The Kier molecular flexibility index (Phi) is 29.3. The summed E-state index contributed by atoms with van der Waals surface area (Å²) < 4.78 is 0. The minimum Gasteiger partial charge on any atom is -0.410 e. The maximum Gasteiger partial charge on any atom is 3.00 e. The van der Waals surface area contributed by atoms with Crippen LogP contribution < -0.4 is 11.0 Å². The van der Waals surface area contributed by atoms with E-state index in [4.69, 9.17) is 0 Å². The molecule has 0 unspecified atom stereocenters. The van der Waals surface area contributed by atoms with Gasteiger partial charge in [0, 0.05) is 80.6 Å². The van der Waals surface area contributed by atoms with Crippen molar-refractivity contribution in [3.8, 4) is 22.3 Å². The van der Waals surface area contributed by atoms with Crippen LogP contribution >= 0.6 is 0 Å². The average molecular weight is 1470 g/mol. The molecule has 0 saturated heterocycles. The fraction of sp³-hybridized carbons (Fsp3) is 0. The van der Waals surface area contributed by atoms with Gasteiger partial charge in [-0.05, 0) is 81.6 Å². The molecule has 0 aliphatic rings. The van der Waals surface area contributed by atoms with Gasteiger partial charge in [-0.2, -0.15) is 36.4 Å². The van der Waals surface area contributed by atoms with E-state index in [1.54, 1.807) is 37.2 Å². The first kappa shape index (κ1) is 74.9. The van der Waals surface area contributed by atoms with E-state index in [1.807, 2.05) is 267 Å². The molecule has 15 nitrogen and oxygen atoms in total. The van der Waals surface area contributed by atoms with Gasteiger partial charge in [0.2, 0.25) is 0 Å². The van der Waals surface area contributed by atoms with E-state index in [9.17, 15) is 20.8 Å². The van der Waals surface area contributed by atoms with E-state index < -0.39 is 0 Å². The maximum atomic E-state index is 9.68. The molecule has 5 heterocycles. The van der Waals surface area contributed by atoms with E-state index in [0.29, 0.717) is 22.5 Å². The van der Waals surface area contributed by atoms with Crippen LogP contribution in [0.3, 0.4) is 0 Å². The summed E-state index contributed by atoms with van der Waals surface area (Å²) in [6.07, 6.45) is 10.7. The number of rotatable bonds is 8. The van der Waals surface area contributed by atoms with E-state index >= 15 is 0 Å². The Balaban J connectivity index is 0.000000166. The topological polar surface area (TPSA) is 219 Å². The van der Waals surface area contributed by atoms with Crippen LogP contribution in [0.25, 0.3) is 87.4 Å². The van der Waals surface area contributed by atoms with Gasteiger partial charge in [0.1, 0.15) is 0 Å². The van der Waals surface area contributed by atoms with Crippen molar-refractivity contribution in [2.45, 2.75) is 0 Å². The number of aliphatic imine (C=N–C) groups is 2. The zero-order chi connectivity index (χ0) is 67.4. The maximum absolute atomic E-state index is 9.68. The summed E-state index contributed by atoms with van der Waals surface area (Å²) in [7, 11) is 0. The standard InChI is InChI=1S/2C24H19N3O2.2C12H8N2.C6H5.C5H5N.Co.2Cu/c2*28-26-23(20-15-13-18(14-16-20)17-7-2-1-3-8-17)24(27-29)25-22-12-6-10-19-9-4-5-11-21(19)22;2*1-3-9-5-6-10-4-2-8-14-12(10)11(9)13-7-1;2*1-2-4-6-5-3-1;;;/h2*1-16,28-29H,(H,25,27);2*1-8H;2*1-5H;;;/q;;;;-1;;+3;2*+2/b2*26-23+;;;;;;;. The molecule has 0 aliphatic carbocycles. The van der Waals surface area contributed by atoms with Crippen molar-refractivity contribution in [2.75, 3.05) is 0 Å². The molecule has 0 bridgehead atoms. The van der Waals surface area contributed by atoms with E-state index in [2.05, 4.69) is 111 Å². The van der Waals surface area contributed by atoms with Crippen molar-refractivity contribution in [1.82, 2.24) is 35.9 Å². The molecule has 2 radical (unpaired) electrons. The third-order valence-corrected chi connectivity index (χ3v) is 15.3. The van der Waals surface area contributed by atoms with Crippen molar-refractivity contribution in [3.05, 3.63) is 370 Å². The molecule has 0 fully saturated rings. The number of hydrogen-bond donors (Lipinski definition) is 6. The van der Waals surface area contributed by atoms with E-state index in [-0.39, 0.29) is 74.0 Å². The Morgan fingerprint density at radius 1 is 0.297 bits per heavy atom. The minimum absolute atomic E-state index is 0. The molecule has 101 heavy (non-hydrogen) atoms. The molecule has 0 saturated carbocycles. The molecule has 5 aromatic heterocycles. The van der Waals surface area contributed by atoms with Gasteiger partial charge in [-0.25, -0.2) is 9.98 Å². The minimum atomic E-state index is 0. The predicted octanol–water partition coefficient (Wildman–Crippen LogP) is 18.9. The predicted molar refractivity (Wildman–Crippen MR) is 396 cm³/mol. The van der Waals surface area contributed by atoms with Crippen LogP contribution in [0.1, 0.15) is 11.1 Å². The second kappa shape index (κ2) is 39.5. The molecule has 16 rings (SSSR count).